The SMILES string of the molecule is Cc1ccc(C(=O)N2CC(=O)Nc3ccc(F)cc3[C@@H]2c2ccc(F)cc2)cc1[N+](=O)[O-]. The second-order valence-electron chi connectivity index (χ2n) is 7.43. The zero-order valence-corrected chi connectivity index (χ0v) is 16.8. The lowest BCUT2D eigenvalue weighted by Gasteiger charge is -2.30. The number of carbonyl (C=O) groups is 2. The van der Waals surface area contributed by atoms with E-state index in [0.29, 0.717) is 22.4 Å². The van der Waals surface area contributed by atoms with Gasteiger partial charge in [0.15, 0.2) is 0 Å². The first-order chi connectivity index (χ1) is 15.2. The number of nitrogens with one attached hydrogen (secondary N) is 1. The summed E-state index contributed by atoms with van der Waals surface area (Å²) in [4.78, 5) is 38.0. The number of aryl methyl sites for hydroxylation is 1. The molecule has 162 valence electrons. The van der Waals surface area contributed by atoms with E-state index in [0.717, 1.165) is 6.07 Å². The van der Waals surface area contributed by atoms with Gasteiger partial charge >= 0.3 is 0 Å². The van der Waals surface area contributed by atoms with Crippen molar-refractivity contribution in [3.05, 3.63) is 105 Å². The summed E-state index contributed by atoms with van der Waals surface area (Å²) in [5.74, 6) is -2.25. The molecule has 0 aliphatic carbocycles. The summed E-state index contributed by atoms with van der Waals surface area (Å²) in [7, 11) is 0. The third-order valence-corrected chi connectivity index (χ3v) is 5.31. The first-order valence-electron chi connectivity index (χ1n) is 9.65. The summed E-state index contributed by atoms with van der Waals surface area (Å²) in [5, 5.41) is 14.0. The van der Waals surface area contributed by atoms with Crippen molar-refractivity contribution in [3.63, 3.8) is 0 Å². The number of nitro benzene ring substituents is 1. The molecule has 0 unspecified atom stereocenters. The quantitative estimate of drug-likeness (QED) is 0.487. The van der Waals surface area contributed by atoms with Crippen LogP contribution in [-0.4, -0.2) is 28.2 Å². The monoisotopic (exact) mass is 437 g/mol. The molecule has 0 saturated heterocycles. The van der Waals surface area contributed by atoms with Gasteiger partial charge in [0, 0.05) is 28.4 Å². The molecule has 3 aromatic rings. The van der Waals surface area contributed by atoms with Crippen LogP contribution >= 0.6 is 0 Å². The molecule has 0 saturated carbocycles. The second kappa shape index (κ2) is 8.18. The average molecular weight is 437 g/mol. The fourth-order valence-corrected chi connectivity index (χ4v) is 3.78. The Morgan fingerprint density at radius 2 is 1.75 bits per heavy atom. The third-order valence-electron chi connectivity index (χ3n) is 5.31. The molecular formula is C23H17F2N3O4. The Hall–Kier alpha value is -4.14. The van der Waals surface area contributed by atoms with Gasteiger partial charge in [-0.2, -0.15) is 0 Å². The zero-order valence-electron chi connectivity index (χ0n) is 16.8. The van der Waals surface area contributed by atoms with Crippen LogP contribution in [0.15, 0.2) is 60.7 Å². The number of anilines is 1. The maximum Gasteiger partial charge on any atom is 0.273 e. The molecule has 1 atom stereocenters. The molecule has 0 aromatic heterocycles. The van der Waals surface area contributed by atoms with E-state index in [2.05, 4.69) is 5.32 Å². The van der Waals surface area contributed by atoms with Crippen molar-refractivity contribution in [2.45, 2.75) is 13.0 Å². The van der Waals surface area contributed by atoms with Crippen molar-refractivity contribution >= 4 is 23.2 Å². The van der Waals surface area contributed by atoms with E-state index >= 15 is 0 Å². The number of carbonyl (C=O) groups excluding carboxylic acids is 2. The summed E-state index contributed by atoms with van der Waals surface area (Å²) in [6.45, 7) is 1.16. The minimum absolute atomic E-state index is 0.00191. The van der Waals surface area contributed by atoms with E-state index < -0.39 is 41.0 Å². The lowest BCUT2D eigenvalue weighted by Crippen LogP contribution is -2.39. The molecule has 0 spiro atoms. The van der Waals surface area contributed by atoms with Crippen LogP contribution in [-0.2, 0) is 4.79 Å². The molecule has 0 bridgehead atoms. The van der Waals surface area contributed by atoms with Gasteiger partial charge in [0.05, 0.1) is 11.0 Å². The van der Waals surface area contributed by atoms with Crippen molar-refractivity contribution in [1.29, 1.82) is 0 Å². The molecule has 1 heterocycles. The number of amides is 2. The van der Waals surface area contributed by atoms with Gasteiger partial charge in [-0.05, 0) is 48.9 Å². The molecule has 1 aliphatic heterocycles. The number of benzene rings is 3. The number of nitro groups is 1. The van der Waals surface area contributed by atoms with Crippen LogP contribution in [0.4, 0.5) is 20.2 Å². The largest absolute Gasteiger partial charge is 0.324 e. The molecule has 3 aromatic carbocycles. The highest BCUT2D eigenvalue weighted by molar-refractivity contribution is 6.01. The van der Waals surface area contributed by atoms with Crippen LogP contribution in [0.2, 0.25) is 0 Å². The Kier molecular flexibility index (Phi) is 5.40. The molecule has 0 fully saturated rings. The first kappa shape index (κ1) is 21.1. The van der Waals surface area contributed by atoms with Crippen molar-refractivity contribution in [2.75, 3.05) is 11.9 Å². The second-order valence-corrected chi connectivity index (χ2v) is 7.43. The molecule has 7 nitrogen and oxygen atoms in total. The Morgan fingerprint density at radius 1 is 1.06 bits per heavy atom. The maximum atomic E-state index is 14.2. The Labute approximate surface area is 181 Å². The molecule has 9 heteroatoms. The lowest BCUT2D eigenvalue weighted by atomic mass is 9.95. The van der Waals surface area contributed by atoms with E-state index in [1.54, 1.807) is 6.92 Å². The average Bonchev–Trinajstić information content (AvgIpc) is 2.89. The normalized spacial score (nSPS) is 15.5. The number of halogens is 2. The van der Waals surface area contributed by atoms with Gasteiger partial charge in [-0.3, -0.25) is 19.7 Å². The number of hydrogen-bond donors (Lipinski definition) is 1. The summed E-state index contributed by atoms with van der Waals surface area (Å²) in [6.07, 6.45) is 0. The Morgan fingerprint density at radius 3 is 2.44 bits per heavy atom. The van der Waals surface area contributed by atoms with Crippen LogP contribution in [0, 0.1) is 28.7 Å². The van der Waals surface area contributed by atoms with Gasteiger partial charge in [-0.15, -0.1) is 0 Å². The maximum absolute atomic E-state index is 14.2. The van der Waals surface area contributed by atoms with E-state index in [1.165, 1.54) is 59.5 Å². The number of nitrogens with zero attached hydrogens (tertiary/aromatic N) is 2. The molecule has 0 radical (unpaired) electrons. The van der Waals surface area contributed by atoms with Gasteiger partial charge in [-0.25, -0.2) is 8.78 Å². The van der Waals surface area contributed by atoms with Crippen LogP contribution in [0.1, 0.15) is 33.1 Å². The summed E-state index contributed by atoms with van der Waals surface area (Å²) in [5.41, 5.74) is 1.21. The number of hydrogen-bond acceptors (Lipinski definition) is 4. The van der Waals surface area contributed by atoms with Gasteiger partial charge < -0.3 is 10.2 Å². The summed E-state index contributed by atoms with van der Waals surface area (Å²) in [6, 6.07) is 12.2. The fourth-order valence-electron chi connectivity index (χ4n) is 3.78. The highest BCUT2D eigenvalue weighted by Crippen LogP contribution is 2.37. The van der Waals surface area contributed by atoms with E-state index in [9.17, 15) is 28.5 Å². The predicted octanol–water partition coefficient (Wildman–Crippen LogP) is 4.37. The van der Waals surface area contributed by atoms with E-state index in [4.69, 9.17) is 0 Å². The smallest absolute Gasteiger partial charge is 0.273 e. The molecule has 32 heavy (non-hydrogen) atoms. The summed E-state index contributed by atoms with van der Waals surface area (Å²) < 4.78 is 27.7. The fraction of sp³-hybridized carbons (Fsp3) is 0.130. The Balaban J connectivity index is 1.89. The lowest BCUT2D eigenvalue weighted by molar-refractivity contribution is -0.385. The van der Waals surface area contributed by atoms with Crippen molar-refractivity contribution in [3.8, 4) is 0 Å². The van der Waals surface area contributed by atoms with E-state index in [-0.39, 0.29) is 11.3 Å². The van der Waals surface area contributed by atoms with E-state index in [1.807, 2.05) is 0 Å². The topological polar surface area (TPSA) is 92.6 Å². The zero-order chi connectivity index (χ0) is 23.0. The molecular weight excluding hydrogens is 420 g/mol. The Bertz CT molecular complexity index is 1240. The van der Waals surface area contributed by atoms with Crippen molar-refractivity contribution < 1.29 is 23.3 Å². The minimum atomic E-state index is -0.937. The molecule has 1 aliphatic rings. The number of rotatable bonds is 3. The molecule has 1 N–H and O–H groups in total. The third kappa shape index (κ3) is 3.92. The minimum Gasteiger partial charge on any atom is -0.324 e. The van der Waals surface area contributed by atoms with Gasteiger partial charge in [-0.1, -0.05) is 18.2 Å². The van der Waals surface area contributed by atoms with Crippen LogP contribution in [0.5, 0.6) is 0 Å². The van der Waals surface area contributed by atoms with Crippen LogP contribution in [0.25, 0.3) is 0 Å². The van der Waals surface area contributed by atoms with Gasteiger partial charge in [0.2, 0.25) is 5.91 Å². The molecule has 4 rings (SSSR count). The van der Waals surface area contributed by atoms with Crippen LogP contribution in [0.3, 0.4) is 0 Å². The standard InChI is InChI=1S/C23H17F2N3O4/c1-13-2-3-15(10-20(13)28(31)32)23(30)27-12-21(29)26-19-9-8-17(25)11-18(19)22(27)14-4-6-16(24)7-5-14/h2-11,22H,12H2,1H3,(H,26,29)/t22-/m0/s1. The first-order valence-corrected chi connectivity index (χ1v) is 9.65. The van der Waals surface area contributed by atoms with Crippen molar-refractivity contribution in [2.24, 2.45) is 0 Å². The highest BCUT2D eigenvalue weighted by Gasteiger charge is 2.34. The molecule has 2 amide bonds. The predicted molar refractivity (Wildman–Crippen MR) is 112 cm³/mol. The van der Waals surface area contributed by atoms with Gasteiger partial charge in [0.1, 0.15) is 18.2 Å². The highest BCUT2D eigenvalue weighted by atomic mass is 19.1. The number of fused-ring (bicyclic) bond motifs is 1. The van der Waals surface area contributed by atoms with Gasteiger partial charge in [0.25, 0.3) is 11.6 Å². The summed E-state index contributed by atoms with van der Waals surface area (Å²) >= 11 is 0. The van der Waals surface area contributed by atoms with Crippen molar-refractivity contribution in [1.82, 2.24) is 4.90 Å². The van der Waals surface area contributed by atoms with Crippen LogP contribution < -0.4 is 5.32 Å².